The van der Waals surface area contributed by atoms with E-state index in [-0.39, 0.29) is 17.6 Å². The van der Waals surface area contributed by atoms with Crippen molar-refractivity contribution >= 4 is 5.97 Å². The molecule has 1 aromatic carbocycles. The summed E-state index contributed by atoms with van der Waals surface area (Å²) in [4.78, 5) is 11.1. The molecule has 27 heavy (non-hydrogen) atoms. The van der Waals surface area contributed by atoms with Gasteiger partial charge in [0.15, 0.2) is 6.61 Å². The van der Waals surface area contributed by atoms with E-state index >= 15 is 0 Å². The monoisotopic (exact) mass is 372 g/mol. The van der Waals surface area contributed by atoms with Crippen LogP contribution in [0.15, 0.2) is 35.9 Å². The van der Waals surface area contributed by atoms with Crippen molar-refractivity contribution in [3.05, 3.63) is 47.1 Å². The average Bonchev–Trinajstić information content (AvgIpc) is 2.59. The molecule has 0 radical (unpaired) electrons. The third-order valence-electron chi connectivity index (χ3n) is 5.31. The van der Waals surface area contributed by atoms with Gasteiger partial charge in [0, 0.05) is 11.5 Å². The van der Waals surface area contributed by atoms with E-state index in [1.165, 1.54) is 5.57 Å². The maximum Gasteiger partial charge on any atom is 0.341 e. The summed E-state index contributed by atoms with van der Waals surface area (Å²) in [7, 11) is 0. The molecule has 0 fully saturated rings. The fourth-order valence-corrected chi connectivity index (χ4v) is 3.89. The van der Waals surface area contributed by atoms with E-state index < -0.39 is 12.6 Å². The number of aryl methyl sites for hydroxylation is 1. The number of carboxylic acid groups (broad SMARTS) is 1. The highest BCUT2D eigenvalue weighted by Crippen LogP contribution is 2.47. The molecule has 0 saturated heterocycles. The van der Waals surface area contributed by atoms with Crippen LogP contribution in [0, 0.1) is 5.92 Å². The van der Waals surface area contributed by atoms with Crippen LogP contribution in [-0.2, 0) is 11.2 Å². The molecule has 0 spiro atoms. The van der Waals surface area contributed by atoms with Crippen molar-refractivity contribution in [2.45, 2.75) is 65.2 Å². The van der Waals surface area contributed by atoms with Crippen molar-refractivity contribution in [1.82, 2.24) is 0 Å². The van der Waals surface area contributed by atoms with Gasteiger partial charge in [0.2, 0.25) is 0 Å². The number of ether oxygens (including phenoxy) is 1. The summed E-state index contributed by atoms with van der Waals surface area (Å²) in [6, 6.07) is 3.72. The Morgan fingerprint density at radius 1 is 1.33 bits per heavy atom. The molecule has 4 nitrogen and oxygen atoms in total. The lowest BCUT2D eigenvalue weighted by molar-refractivity contribution is -0.139. The predicted molar refractivity (Wildman–Crippen MR) is 109 cm³/mol. The number of hydrogen-bond acceptors (Lipinski definition) is 3. The number of phenols is 1. The van der Waals surface area contributed by atoms with E-state index in [1.807, 2.05) is 19.1 Å². The molecule has 0 aliphatic heterocycles. The van der Waals surface area contributed by atoms with Gasteiger partial charge >= 0.3 is 5.97 Å². The van der Waals surface area contributed by atoms with Crippen LogP contribution in [0.3, 0.4) is 0 Å². The lowest BCUT2D eigenvalue weighted by Crippen LogP contribution is -2.19. The summed E-state index contributed by atoms with van der Waals surface area (Å²) < 4.78 is 5.62. The molecule has 1 aliphatic carbocycles. The Bertz CT molecular complexity index is 717. The lowest BCUT2D eigenvalue weighted by Gasteiger charge is -2.32. The number of phenolic OH excluding ortho intramolecular Hbond substituents is 1. The van der Waals surface area contributed by atoms with Gasteiger partial charge in [-0.1, -0.05) is 43.6 Å². The minimum atomic E-state index is -1.02. The lowest BCUT2D eigenvalue weighted by atomic mass is 9.73. The third-order valence-corrected chi connectivity index (χ3v) is 5.31. The Kier molecular flexibility index (Phi) is 7.52. The first kappa shape index (κ1) is 21.1. The molecule has 0 saturated carbocycles. The molecule has 0 amide bonds. The summed E-state index contributed by atoms with van der Waals surface area (Å²) in [5.74, 6) is -0.205. The van der Waals surface area contributed by atoms with E-state index in [0.29, 0.717) is 11.3 Å². The van der Waals surface area contributed by atoms with E-state index in [2.05, 4.69) is 26.5 Å². The first-order chi connectivity index (χ1) is 12.8. The average molecular weight is 373 g/mol. The molecule has 0 aromatic heterocycles. The standard InChI is InChI=1S/C23H32O4/c1-5-6-7-8-17-12-20(24)23(21(13-17)27-14-22(25)26)19-11-16(4)9-10-18(19)15(2)3/h11-13,18-19,24H,2,5-10,14H2,1,3-4H3,(H,25,26). The van der Waals surface area contributed by atoms with Crippen LogP contribution < -0.4 is 4.74 Å². The quantitative estimate of drug-likeness (QED) is 0.437. The van der Waals surface area contributed by atoms with Gasteiger partial charge in [-0.3, -0.25) is 0 Å². The summed E-state index contributed by atoms with van der Waals surface area (Å²) in [6.45, 7) is 9.97. The molecule has 2 unspecified atom stereocenters. The molecule has 148 valence electrons. The van der Waals surface area contributed by atoms with E-state index in [4.69, 9.17) is 9.84 Å². The number of unbranched alkanes of at least 4 members (excludes halogenated alkanes) is 2. The van der Waals surface area contributed by atoms with Crippen molar-refractivity contribution in [1.29, 1.82) is 0 Å². The van der Waals surface area contributed by atoms with Crippen molar-refractivity contribution in [2.75, 3.05) is 6.61 Å². The Hall–Kier alpha value is -2.23. The van der Waals surface area contributed by atoms with Crippen molar-refractivity contribution in [3.63, 3.8) is 0 Å². The van der Waals surface area contributed by atoms with E-state index in [1.54, 1.807) is 0 Å². The minimum Gasteiger partial charge on any atom is -0.507 e. The number of aliphatic carboxylic acids is 1. The van der Waals surface area contributed by atoms with E-state index in [0.717, 1.165) is 49.7 Å². The normalized spacial score (nSPS) is 19.4. The highest BCUT2D eigenvalue weighted by atomic mass is 16.5. The molecule has 2 N–H and O–H groups in total. The summed E-state index contributed by atoms with van der Waals surface area (Å²) in [6.07, 6.45) is 8.27. The van der Waals surface area contributed by atoms with Gasteiger partial charge in [-0.2, -0.15) is 0 Å². The van der Waals surface area contributed by atoms with Crippen LogP contribution >= 0.6 is 0 Å². The van der Waals surface area contributed by atoms with Gasteiger partial charge < -0.3 is 14.9 Å². The van der Waals surface area contributed by atoms with Crippen LogP contribution in [0.5, 0.6) is 11.5 Å². The summed E-state index contributed by atoms with van der Waals surface area (Å²) in [5, 5.41) is 19.9. The highest BCUT2D eigenvalue weighted by molar-refractivity contribution is 5.68. The zero-order valence-electron chi connectivity index (χ0n) is 16.8. The van der Waals surface area contributed by atoms with Gasteiger partial charge in [-0.25, -0.2) is 4.79 Å². The molecule has 1 aliphatic rings. The zero-order chi connectivity index (χ0) is 20.0. The maximum atomic E-state index is 11.1. The first-order valence-corrected chi connectivity index (χ1v) is 9.86. The first-order valence-electron chi connectivity index (χ1n) is 9.86. The van der Waals surface area contributed by atoms with Crippen LogP contribution in [0.2, 0.25) is 0 Å². The largest absolute Gasteiger partial charge is 0.507 e. The topological polar surface area (TPSA) is 66.8 Å². The van der Waals surface area contributed by atoms with Gasteiger partial charge in [0.25, 0.3) is 0 Å². The molecule has 2 atom stereocenters. The van der Waals surface area contributed by atoms with Crippen molar-refractivity contribution in [3.8, 4) is 11.5 Å². The third kappa shape index (κ3) is 5.62. The number of benzene rings is 1. The fraction of sp³-hybridized carbons (Fsp3) is 0.522. The number of carbonyl (C=O) groups is 1. The summed E-state index contributed by atoms with van der Waals surface area (Å²) >= 11 is 0. The molecular weight excluding hydrogens is 340 g/mol. The molecule has 4 heteroatoms. The van der Waals surface area contributed by atoms with Crippen LogP contribution in [0.25, 0.3) is 0 Å². The second-order valence-corrected chi connectivity index (χ2v) is 7.70. The SMILES string of the molecule is C=C(C)C1CCC(C)=CC1c1c(O)cc(CCCCC)cc1OCC(=O)O. The second-order valence-electron chi connectivity index (χ2n) is 7.70. The Labute approximate surface area is 162 Å². The fourth-order valence-electron chi connectivity index (χ4n) is 3.89. The van der Waals surface area contributed by atoms with Gasteiger partial charge in [-0.15, -0.1) is 0 Å². The van der Waals surface area contributed by atoms with Gasteiger partial charge in [0.1, 0.15) is 11.5 Å². The smallest absolute Gasteiger partial charge is 0.341 e. The van der Waals surface area contributed by atoms with Gasteiger partial charge in [-0.05, 0) is 63.1 Å². The molecular formula is C23H32O4. The van der Waals surface area contributed by atoms with Crippen LogP contribution in [0.4, 0.5) is 0 Å². The molecule has 0 heterocycles. The molecule has 2 rings (SSSR count). The molecule has 1 aromatic rings. The Morgan fingerprint density at radius 3 is 2.70 bits per heavy atom. The minimum absolute atomic E-state index is 0.0512. The van der Waals surface area contributed by atoms with Crippen LogP contribution in [0.1, 0.15) is 69.9 Å². The van der Waals surface area contributed by atoms with E-state index in [9.17, 15) is 9.90 Å². The number of rotatable bonds is 9. The highest BCUT2D eigenvalue weighted by Gasteiger charge is 2.30. The van der Waals surface area contributed by atoms with Crippen LogP contribution in [-0.4, -0.2) is 22.8 Å². The van der Waals surface area contributed by atoms with Gasteiger partial charge in [0.05, 0.1) is 0 Å². The Morgan fingerprint density at radius 2 is 2.07 bits per heavy atom. The number of carboxylic acids is 1. The maximum absolute atomic E-state index is 11.1. The summed E-state index contributed by atoms with van der Waals surface area (Å²) in [5.41, 5.74) is 4.00. The zero-order valence-corrected chi connectivity index (χ0v) is 16.8. The molecule has 0 bridgehead atoms. The number of allylic oxidation sites excluding steroid dienone is 3. The predicted octanol–water partition coefficient (Wildman–Crippen LogP) is 5.60. The van der Waals surface area contributed by atoms with Crippen molar-refractivity contribution < 1.29 is 19.7 Å². The second kappa shape index (κ2) is 9.63. The Balaban J connectivity index is 2.46. The number of hydrogen-bond donors (Lipinski definition) is 2. The number of aromatic hydroxyl groups is 1. The van der Waals surface area contributed by atoms with Crippen molar-refractivity contribution in [2.24, 2.45) is 5.92 Å².